The topological polar surface area (TPSA) is 0 Å². The van der Waals surface area contributed by atoms with Crippen molar-refractivity contribution in [2.24, 2.45) is 0 Å². The number of alkyl halides is 1. The molecule has 0 radical (unpaired) electrons. The molecule has 0 aliphatic heterocycles. The zero-order valence-corrected chi connectivity index (χ0v) is 15.6. The summed E-state index contributed by atoms with van der Waals surface area (Å²) in [6.45, 7) is 0. The molecule has 0 bridgehead atoms. The van der Waals surface area contributed by atoms with Crippen LogP contribution in [0.4, 0.5) is 0 Å². The molecule has 0 fully saturated rings. The minimum atomic E-state index is -0.173. The van der Waals surface area contributed by atoms with Gasteiger partial charge in [0, 0.05) is 16.4 Å². The standard InChI is InChI=1S/C21H20BrP/c22-16-20(17-10-4-1-5-11-17)21(23,18-12-6-2-7-13-18)19-14-8-3-9-15-19/h1-15,20H,16,23H2. The summed E-state index contributed by atoms with van der Waals surface area (Å²) < 4.78 is 0. The van der Waals surface area contributed by atoms with Gasteiger partial charge in [-0.1, -0.05) is 107 Å². The van der Waals surface area contributed by atoms with Gasteiger partial charge in [0.25, 0.3) is 0 Å². The molecule has 3 aromatic rings. The van der Waals surface area contributed by atoms with Gasteiger partial charge in [-0.15, -0.1) is 9.24 Å². The van der Waals surface area contributed by atoms with E-state index in [-0.39, 0.29) is 5.16 Å². The Morgan fingerprint density at radius 2 is 1.09 bits per heavy atom. The molecule has 0 aliphatic carbocycles. The van der Waals surface area contributed by atoms with Gasteiger partial charge < -0.3 is 0 Å². The van der Waals surface area contributed by atoms with E-state index in [1.54, 1.807) is 0 Å². The number of hydrogen-bond acceptors (Lipinski definition) is 0. The molecule has 0 nitrogen and oxygen atoms in total. The molecule has 0 spiro atoms. The van der Waals surface area contributed by atoms with Gasteiger partial charge in [-0.25, -0.2) is 0 Å². The van der Waals surface area contributed by atoms with E-state index < -0.39 is 0 Å². The SMILES string of the molecule is PC(c1ccccc1)(c1ccccc1)C(CBr)c1ccccc1. The quantitative estimate of drug-likeness (QED) is 0.375. The van der Waals surface area contributed by atoms with E-state index in [0.29, 0.717) is 5.92 Å². The highest BCUT2D eigenvalue weighted by molar-refractivity contribution is 9.09. The maximum atomic E-state index is 3.77. The van der Waals surface area contributed by atoms with Crippen molar-refractivity contribution < 1.29 is 0 Å². The Labute approximate surface area is 149 Å². The van der Waals surface area contributed by atoms with E-state index in [0.717, 1.165) is 5.33 Å². The first-order chi connectivity index (χ1) is 11.3. The maximum Gasteiger partial charge on any atom is 0.0420 e. The lowest BCUT2D eigenvalue weighted by Gasteiger charge is -2.38. The van der Waals surface area contributed by atoms with Crippen molar-refractivity contribution in [1.29, 1.82) is 0 Å². The van der Waals surface area contributed by atoms with Gasteiger partial charge in [-0.2, -0.15) is 0 Å². The smallest absolute Gasteiger partial charge is 0.0420 e. The summed E-state index contributed by atoms with van der Waals surface area (Å²) in [6.07, 6.45) is 0. The monoisotopic (exact) mass is 382 g/mol. The minimum Gasteiger partial charge on any atom is -0.121 e. The van der Waals surface area contributed by atoms with E-state index in [9.17, 15) is 0 Å². The molecule has 0 N–H and O–H groups in total. The summed E-state index contributed by atoms with van der Waals surface area (Å²) in [4.78, 5) is 0. The zero-order chi connectivity index (χ0) is 16.1. The Balaban J connectivity index is 2.19. The lowest BCUT2D eigenvalue weighted by atomic mass is 9.77. The molecule has 0 aromatic heterocycles. The van der Waals surface area contributed by atoms with Gasteiger partial charge in [-0.05, 0) is 16.7 Å². The molecule has 2 unspecified atom stereocenters. The highest BCUT2D eigenvalue weighted by Gasteiger charge is 2.38. The average molecular weight is 383 g/mol. The fraction of sp³-hybridized carbons (Fsp3) is 0.143. The normalized spacial score (nSPS) is 12.8. The molecule has 23 heavy (non-hydrogen) atoms. The largest absolute Gasteiger partial charge is 0.121 e. The molecule has 0 amide bonds. The third-order valence-electron chi connectivity index (χ3n) is 4.41. The highest BCUT2D eigenvalue weighted by atomic mass is 79.9. The number of benzene rings is 3. The van der Waals surface area contributed by atoms with E-state index >= 15 is 0 Å². The minimum absolute atomic E-state index is 0.173. The van der Waals surface area contributed by atoms with E-state index in [4.69, 9.17) is 0 Å². The second kappa shape index (κ2) is 7.43. The van der Waals surface area contributed by atoms with Crippen LogP contribution in [-0.4, -0.2) is 5.33 Å². The number of rotatable bonds is 5. The van der Waals surface area contributed by atoms with Crippen molar-refractivity contribution >= 4 is 25.2 Å². The van der Waals surface area contributed by atoms with Gasteiger partial charge in [0.05, 0.1) is 0 Å². The molecule has 2 heteroatoms. The Morgan fingerprint density at radius 1 is 0.696 bits per heavy atom. The van der Waals surface area contributed by atoms with Crippen LogP contribution in [-0.2, 0) is 5.16 Å². The summed E-state index contributed by atoms with van der Waals surface area (Å²) in [5.74, 6) is 0.318. The van der Waals surface area contributed by atoms with E-state index in [1.807, 2.05) is 0 Å². The van der Waals surface area contributed by atoms with Crippen molar-refractivity contribution in [3.05, 3.63) is 108 Å². The van der Waals surface area contributed by atoms with Crippen LogP contribution in [0, 0.1) is 0 Å². The molecular weight excluding hydrogens is 363 g/mol. The molecule has 3 aromatic carbocycles. The highest BCUT2D eigenvalue weighted by Crippen LogP contribution is 2.50. The van der Waals surface area contributed by atoms with Crippen LogP contribution in [0.25, 0.3) is 0 Å². The lowest BCUT2D eigenvalue weighted by molar-refractivity contribution is 0.614. The van der Waals surface area contributed by atoms with Crippen LogP contribution in [0.3, 0.4) is 0 Å². The van der Waals surface area contributed by atoms with Crippen molar-refractivity contribution in [2.45, 2.75) is 11.1 Å². The summed E-state index contributed by atoms with van der Waals surface area (Å²) in [6, 6.07) is 32.3. The summed E-state index contributed by atoms with van der Waals surface area (Å²) in [7, 11) is 3.15. The second-order valence-corrected chi connectivity index (χ2v) is 7.28. The van der Waals surface area contributed by atoms with Crippen LogP contribution in [0.1, 0.15) is 22.6 Å². The van der Waals surface area contributed by atoms with Crippen molar-refractivity contribution in [1.82, 2.24) is 0 Å². The molecule has 0 saturated heterocycles. The van der Waals surface area contributed by atoms with E-state index in [2.05, 4.69) is 116 Å². The molecular formula is C21H20BrP. The van der Waals surface area contributed by atoms with Crippen LogP contribution < -0.4 is 0 Å². The maximum absolute atomic E-state index is 3.77. The fourth-order valence-corrected chi connectivity index (χ4v) is 5.08. The first-order valence-corrected chi connectivity index (χ1v) is 9.47. The molecule has 2 atom stereocenters. The Morgan fingerprint density at radius 3 is 1.48 bits per heavy atom. The van der Waals surface area contributed by atoms with Crippen LogP contribution in [0.5, 0.6) is 0 Å². The van der Waals surface area contributed by atoms with Gasteiger partial charge in [0.15, 0.2) is 0 Å². The Kier molecular flexibility index (Phi) is 5.30. The first-order valence-electron chi connectivity index (χ1n) is 7.77. The summed E-state index contributed by atoms with van der Waals surface area (Å²) in [5.41, 5.74) is 3.96. The second-order valence-electron chi connectivity index (χ2n) is 5.72. The van der Waals surface area contributed by atoms with Crippen molar-refractivity contribution in [3.8, 4) is 0 Å². The summed E-state index contributed by atoms with van der Waals surface area (Å²) >= 11 is 3.77. The third-order valence-corrected chi connectivity index (χ3v) is 6.13. The fourth-order valence-electron chi connectivity index (χ4n) is 3.16. The molecule has 0 heterocycles. The predicted molar refractivity (Wildman–Crippen MR) is 106 cm³/mol. The molecule has 0 saturated carbocycles. The van der Waals surface area contributed by atoms with Crippen LogP contribution in [0.15, 0.2) is 91.0 Å². The van der Waals surface area contributed by atoms with Gasteiger partial charge >= 0.3 is 0 Å². The first kappa shape index (κ1) is 16.4. The summed E-state index contributed by atoms with van der Waals surface area (Å²) in [5, 5.41) is 0.720. The molecule has 0 aliphatic rings. The molecule has 3 rings (SSSR count). The zero-order valence-electron chi connectivity index (χ0n) is 12.9. The third kappa shape index (κ3) is 3.27. The number of hydrogen-bond donors (Lipinski definition) is 0. The van der Waals surface area contributed by atoms with E-state index in [1.165, 1.54) is 16.7 Å². The Hall–Kier alpha value is -1.43. The number of halogens is 1. The van der Waals surface area contributed by atoms with Gasteiger partial charge in [-0.3, -0.25) is 0 Å². The Bertz CT molecular complexity index is 686. The average Bonchev–Trinajstić information content (AvgIpc) is 2.64. The van der Waals surface area contributed by atoms with Gasteiger partial charge in [0.1, 0.15) is 0 Å². The van der Waals surface area contributed by atoms with Crippen molar-refractivity contribution in [2.75, 3.05) is 5.33 Å². The van der Waals surface area contributed by atoms with Crippen LogP contribution in [0.2, 0.25) is 0 Å². The van der Waals surface area contributed by atoms with Gasteiger partial charge in [0.2, 0.25) is 0 Å². The van der Waals surface area contributed by atoms with Crippen LogP contribution >= 0.6 is 25.2 Å². The lowest BCUT2D eigenvalue weighted by Crippen LogP contribution is -2.29. The predicted octanol–water partition coefficient (Wildman–Crippen LogP) is 5.98. The molecule has 116 valence electrons. The van der Waals surface area contributed by atoms with Crippen molar-refractivity contribution in [3.63, 3.8) is 0 Å².